The summed E-state index contributed by atoms with van der Waals surface area (Å²) in [6.45, 7) is 5.27. The molecule has 0 bridgehead atoms. The highest BCUT2D eigenvalue weighted by atomic mass is 127. The van der Waals surface area contributed by atoms with Crippen LogP contribution in [0.15, 0.2) is 30.6 Å². The smallest absolute Gasteiger partial charge is 0.413 e. The molecule has 2 heterocycles. The molecule has 1 amide bonds. The number of nitrogens with zero attached hydrogens (tertiary/aromatic N) is 5. The van der Waals surface area contributed by atoms with E-state index in [2.05, 4.69) is 20.4 Å². The second-order valence-electron chi connectivity index (χ2n) is 6.53. The first kappa shape index (κ1) is 18.9. The molecule has 140 valence electrons. The summed E-state index contributed by atoms with van der Waals surface area (Å²) in [7, 11) is 0. The number of nitrogens with one attached hydrogen (secondary N) is 1. The summed E-state index contributed by atoms with van der Waals surface area (Å²) in [5.41, 5.74) is 0.156. The SMILES string of the molecule is CC(C)(C)OC(=O)Nc1ncnc2c1c(I)nn2-c1cccc([N+](=O)[O-])c1. The second-order valence-corrected chi connectivity index (χ2v) is 7.55. The van der Waals surface area contributed by atoms with E-state index in [1.807, 2.05) is 22.6 Å². The number of nitro groups is 1. The predicted octanol–water partition coefficient (Wildman–Crippen LogP) is 3.68. The Morgan fingerprint density at radius 3 is 2.74 bits per heavy atom. The molecule has 0 aliphatic carbocycles. The van der Waals surface area contributed by atoms with Gasteiger partial charge in [0.1, 0.15) is 15.6 Å². The third kappa shape index (κ3) is 4.13. The first-order chi connectivity index (χ1) is 12.7. The summed E-state index contributed by atoms with van der Waals surface area (Å²) in [5, 5.41) is 18.5. The predicted molar refractivity (Wildman–Crippen MR) is 106 cm³/mol. The molecule has 27 heavy (non-hydrogen) atoms. The normalized spacial score (nSPS) is 11.4. The average molecular weight is 482 g/mol. The fourth-order valence-corrected chi connectivity index (χ4v) is 3.04. The topological polar surface area (TPSA) is 125 Å². The Morgan fingerprint density at radius 2 is 2.07 bits per heavy atom. The van der Waals surface area contributed by atoms with E-state index in [9.17, 15) is 14.9 Å². The van der Waals surface area contributed by atoms with Gasteiger partial charge in [-0.1, -0.05) is 6.07 Å². The minimum atomic E-state index is -0.656. The lowest BCUT2D eigenvalue weighted by atomic mass is 10.2. The number of rotatable bonds is 3. The molecule has 11 heteroatoms. The molecular formula is C16H15IN6O4. The molecular weight excluding hydrogens is 467 g/mol. The second kappa shape index (κ2) is 7.06. The highest BCUT2D eigenvalue weighted by Gasteiger charge is 2.21. The van der Waals surface area contributed by atoms with Crippen LogP contribution in [0.25, 0.3) is 16.7 Å². The van der Waals surface area contributed by atoms with Gasteiger partial charge in [0.05, 0.1) is 16.0 Å². The fourth-order valence-electron chi connectivity index (χ4n) is 2.33. The number of carbonyl (C=O) groups excluding carboxylic acids is 1. The highest BCUT2D eigenvalue weighted by Crippen LogP contribution is 2.28. The Hall–Kier alpha value is -2.83. The van der Waals surface area contributed by atoms with Crippen LogP contribution in [-0.4, -0.2) is 36.4 Å². The third-order valence-corrected chi connectivity index (χ3v) is 4.08. The largest absolute Gasteiger partial charge is 0.444 e. The van der Waals surface area contributed by atoms with E-state index in [4.69, 9.17) is 4.74 Å². The van der Waals surface area contributed by atoms with Crippen LogP contribution in [0.4, 0.5) is 16.3 Å². The van der Waals surface area contributed by atoms with Crippen molar-refractivity contribution in [2.24, 2.45) is 0 Å². The van der Waals surface area contributed by atoms with Crippen molar-refractivity contribution in [1.82, 2.24) is 19.7 Å². The minimum absolute atomic E-state index is 0.0627. The Kier molecular flexibility index (Phi) is 4.95. The van der Waals surface area contributed by atoms with Crippen LogP contribution in [0, 0.1) is 13.8 Å². The van der Waals surface area contributed by atoms with Gasteiger partial charge in [0.25, 0.3) is 5.69 Å². The number of carbonyl (C=O) groups is 1. The molecule has 0 saturated carbocycles. The molecule has 0 unspecified atom stereocenters. The number of benzene rings is 1. The maximum atomic E-state index is 12.1. The lowest BCUT2D eigenvalue weighted by molar-refractivity contribution is -0.384. The number of hydrogen-bond donors (Lipinski definition) is 1. The molecule has 0 spiro atoms. The van der Waals surface area contributed by atoms with Crippen molar-refractivity contribution in [3.05, 3.63) is 44.4 Å². The first-order valence-electron chi connectivity index (χ1n) is 7.80. The molecule has 0 aliphatic heterocycles. The monoisotopic (exact) mass is 482 g/mol. The Bertz CT molecular complexity index is 1040. The minimum Gasteiger partial charge on any atom is -0.444 e. The number of anilines is 1. The van der Waals surface area contributed by atoms with E-state index in [1.54, 1.807) is 32.9 Å². The van der Waals surface area contributed by atoms with Crippen LogP contribution in [0.1, 0.15) is 20.8 Å². The number of amides is 1. The summed E-state index contributed by atoms with van der Waals surface area (Å²) in [4.78, 5) is 30.9. The summed E-state index contributed by atoms with van der Waals surface area (Å²) in [6.07, 6.45) is 0.627. The van der Waals surface area contributed by atoms with Crippen molar-refractivity contribution < 1.29 is 14.5 Å². The van der Waals surface area contributed by atoms with Gasteiger partial charge in [0.2, 0.25) is 0 Å². The maximum Gasteiger partial charge on any atom is 0.413 e. The Balaban J connectivity index is 2.05. The number of non-ortho nitro benzene ring substituents is 1. The van der Waals surface area contributed by atoms with Gasteiger partial charge in [0.15, 0.2) is 11.5 Å². The fraction of sp³-hybridized carbons (Fsp3) is 0.250. The molecule has 0 aliphatic rings. The summed E-state index contributed by atoms with van der Waals surface area (Å²) in [6, 6.07) is 6.03. The molecule has 10 nitrogen and oxygen atoms in total. The zero-order chi connectivity index (χ0) is 19.8. The third-order valence-electron chi connectivity index (χ3n) is 3.33. The summed E-state index contributed by atoms with van der Waals surface area (Å²) < 4.78 is 7.24. The van der Waals surface area contributed by atoms with Gasteiger partial charge in [-0.25, -0.2) is 19.4 Å². The van der Waals surface area contributed by atoms with Gasteiger partial charge in [-0.3, -0.25) is 15.4 Å². The summed E-state index contributed by atoms with van der Waals surface area (Å²) in [5.74, 6) is 0.246. The number of ether oxygens (including phenoxy) is 1. The molecule has 0 atom stereocenters. The number of fused-ring (bicyclic) bond motifs is 1. The van der Waals surface area contributed by atoms with Crippen molar-refractivity contribution in [2.45, 2.75) is 26.4 Å². The number of nitro benzene ring substituents is 1. The lowest BCUT2D eigenvalue weighted by Crippen LogP contribution is -2.27. The summed E-state index contributed by atoms with van der Waals surface area (Å²) >= 11 is 1.99. The molecule has 0 fully saturated rings. The Labute approximate surface area is 167 Å². The van der Waals surface area contributed by atoms with Crippen LogP contribution < -0.4 is 5.32 Å². The van der Waals surface area contributed by atoms with Crippen molar-refractivity contribution >= 4 is 51.2 Å². The zero-order valence-corrected chi connectivity index (χ0v) is 16.8. The van der Waals surface area contributed by atoms with Gasteiger partial charge < -0.3 is 4.74 Å². The van der Waals surface area contributed by atoms with Crippen LogP contribution in [0.3, 0.4) is 0 Å². The van der Waals surface area contributed by atoms with E-state index in [0.29, 0.717) is 20.4 Å². The van der Waals surface area contributed by atoms with Crippen LogP contribution in [-0.2, 0) is 4.74 Å². The van der Waals surface area contributed by atoms with Crippen molar-refractivity contribution in [2.75, 3.05) is 5.32 Å². The van der Waals surface area contributed by atoms with Gasteiger partial charge in [-0.05, 0) is 49.4 Å². The van der Waals surface area contributed by atoms with E-state index < -0.39 is 16.6 Å². The number of hydrogen-bond acceptors (Lipinski definition) is 7. The van der Waals surface area contributed by atoms with Gasteiger partial charge in [-0.15, -0.1) is 0 Å². The quantitative estimate of drug-likeness (QED) is 0.343. The number of aromatic nitrogens is 4. The van der Waals surface area contributed by atoms with Crippen molar-refractivity contribution in [3.8, 4) is 5.69 Å². The molecule has 3 rings (SSSR count). The van der Waals surface area contributed by atoms with E-state index >= 15 is 0 Å². The number of halogens is 1. The average Bonchev–Trinajstić information content (AvgIpc) is 2.91. The van der Waals surface area contributed by atoms with E-state index in [0.717, 1.165) is 0 Å². The van der Waals surface area contributed by atoms with Crippen molar-refractivity contribution in [3.63, 3.8) is 0 Å². The Morgan fingerprint density at radius 1 is 1.33 bits per heavy atom. The molecule has 1 N–H and O–H groups in total. The van der Waals surface area contributed by atoms with E-state index in [-0.39, 0.29) is 11.5 Å². The molecule has 0 saturated heterocycles. The molecule has 2 aromatic heterocycles. The van der Waals surface area contributed by atoms with Crippen LogP contribution >= 0.6 is 22.6 Å². The van der Waals surface area contributed by atoms with Gasteiger partial charge >= 0.3 is 6.09 Å². The van der Waals surface area contributed by atoms with E-state index in [1.165, 1.54) is 23.1 Å². The first-order valence-corrected chi connectivity index (χ1v) is 8.87. The van der Waals surface area contributed by atoms with Crippen LogP contribution in [0.2, 0.25) is 0 Å². The van der Waals surface area contributed by atoms with Crippen LogP contribution in [0.5, 0.6) is 0 Å². The molecule has 3 aromatic rings. The van der Waals surface area contributed by atoms with Crippen molar-refractivity contribution in [1.29, 1.82) is 0 Å². The highest BCUT2D eigenvalue weighted by molar-refractivity contribution is 14.1. The molecule has 1 aromatic carbocycles. The maximum absolute atomic E-state index is 12.1. The standard InChI is InChI=1S/C16H15IN6O4/c1-16(2,3)27-15(24)20-13-11-12(17)21-22(14(11)19-8-18-13)9-5-4-6-10(7-9)23(25)26/h4-8H,1-3H3,(H,18,19,20,24). The van der Waals surface area contributed by atoms with Gasteiger partial charge in [0, 0.05) is 12.1 Å². The van der Waals surface area contributed by atoms with Gasteiger partial charge in [-0.2, -0.15) is 5.10 Å². The lowest BCUT2D eigenvalue weighted by Gasteiger charge is -2.19. The zero-order valence-electron chi connectivity index (χ0n) is 14.6. The molecule has 0 radical (unpaired) electrons.